The summed E-state index contributed by atoms with van der Waals surface area (Å²) in [5, 5.41) is 0.642. The lowest BCUT2D eigenvalue weighted by Crippen LogP contribution is -2.25. The maximum absolute atomic E-state index is 13.4. The van der Waals surface area contributed by atoms with Crippen LogP contribution in [0.2, 0.25) is 5.02 Å². The van der Waals surface area contributed by atoms with Crippen molar-refractivity contribution in [1.29, 1.82) is 0 Å². The summed E-state index contributed by atoms with van der Waals surface area (Å²) < 4.78 is 5.05. The van der Waals surface area contributed by atoms with Crippen molar-refractivity contribution in [3.63, 3.8) is 0 Å². The molecule has 0 spiro atoms. The molecule has 0 saturated heterocycles. The van der Waals surface area contributed by atoms with E-state index in [4.69, 9.17) is 16.3 Å². The molecule has 0 unspecified atom stereocenters. The van der Waals surface area contributed by atoms with Gasteiger partial charge in [0.15, 0.2) is 0 Å². The third kappa shape index (κ3) is 4.44. The molecule has 0 aliphatic carbocycles. The van der Waals surface area contributed by atoms with Crippen molar-refractivity contribution in [2.24, 2.45) is 0 Å². The van der Waals surface area contributed by atoms with Gasteiger partial charge in [-0.1, -0.05) is 54.1 Å². The topological polar surface area (TPSA) is 46.6 Å². The van der Waals surface area contributed by atoms with E-state index < -0.39 is 0 Å². The van der Waals surface area contributed by atoms with Gasteiger partial charge >= 0.3 is 5.97 Å². The maximum atomic E-state index is 13.4. The number of halogens is 1. The number of esters is 1. The largest absolute Gasteiger partial charge is 0.462 e. The zero-order valence-electron chi connectivity index (χ0n) is 16.9. The Morgan fingerprint density at radius 2 is 1.65 bits per heavy atom. The summed E-state index contributed by atoms with van der Waals surface area (Å²) in [6, 6.07) is 23.9. The molecule has 3 aromatic carbocycles. The third-order valence-electron chi connectivity index (χ3n) is 4.88. The molecule has 1 aliphatic rings. The highest BCUT2D eigenvalue weighted by Gasteiger charge is 2.30. The van der Waals surface area contributed by atoms with Gasteiger partial charge in [-0.2, -0.15) is 0 Å². The summed E-state index contributed by atoms with van der Waals surface area (Å²) >= 11 is 5.98. The molecular formula is C26H20ClNO3. The lowest BCUT2D eigenvalue weighted by atomic mass is 10.1. The molecule has 3 aromatic rings. The van der Waals surface area contributed by atoms with Crippen molar-refractivity contribution >= 4 is 40.9 Å². The normalized spacial score (nSPS) is 14.6. The molecule has 0 bridgehead atoms. The maximum Gasteiger partial charge on any atom is 0.338 e. The summed E-state index contributed by atoms with van der Waals surface area (Å²) in [6.07, 6.45) is 3.72. The van der Waals surface area contributed by atoms with E-state index in [9.17, 15) is 9.59 Å². The van der Waals surface area contributed by atoms with Crippen LogP contribution in [0.25, 0.3) is 11.8 Å². The quantitative estimate of drug-likeness (QED) is 0.369. The second-order valence-electron chi connectivity index (χ2n) is 6.95. The van der Waals surface area contributed by atoms with E-state index in [0.29, 0.717) is 28.5 Å². The number of anilines is 1. The molecule has 1 heterocycles. The number of ether oxygens (including phenoxy) is 1. The summed E-state index contributed by atoms with van der Waals surface area (Å²) in [4.78, 5) is 27.0. The lowest BCUT2D eigenvalue weighted by molar-refractivity contribution is -0.113. The van der Waals surface area contributed by atoms with Crippen LogP contribution >= 0.6 is 11.6 Å². The van der Waals surface area contributed by atoms with E-state index in [1.165, 1.54) is 0 Å². The van der Waals surface area contributed by atoms with Crippen molar-refractivity contribution in [3.8, 4) is 0 Å². The van der Waals surface area contributed by atoms with Crippen LogP contribution in [0.4, 0.5) is 5.69 Å². The molecule has 31 heavy (non-hydrogen) atoms. The number of amides is 1. The Labute approximate surface area is 186 Å². The number of hydrogen-bond donors (Lipinski definition) is 0. The Morgan fingerprint density at radius 3 is 2.29 bits per heavy atom. The molecule has 4 nitrogen and oxygen atoms in total. The summed E-state index contributed by atoms with van der Waals surface area (Å²) in [5.74, 6) is -0.526. The van der Waals surface area contributed by atoms with Crippen molar-refractivity contribution in [3.05, 3.63) is 112 Å². The number of benzene rings is 3. The van der Waals surface area contributed by atoms with Crippen LogP contribution in [0.3, 0.4) is 0 Å². The predicted octanol–water partition coefficient (Wildman–Crippen LogP) is 5.99. The van der Waals surface area contributed by atoms with Gasteiger partial charge in [0.1, 0.15) is 0 Å². The number of nitrogens with zero attached hydrogens (tertiary/aromatic N) is 1. The molecule has 0 aromatic heterocycles. The van der Waals surface area contributed by atoms with Crippen LogP contribution in [-0.2, 0) is 9.53 Å². The van der Waals surface area contributed by atoms with Crippen LogP contribution in [0.1, 0.15) is 28.4 Å². The molecule has 0 atom stereocenters. The SMILES string of the molecule is CCOC(=O)c1ccc(N2C(=O)C(=Cc3ccc(Cl)cc3)C=C2c2ccccc2)cc1. The molecule has 154 valence electrons. The fourth-order valence-electron chi connectivity index (χ4n) is 3.39. The Bertz CT molecular complexity index is 1160. The van der Waals surface area contributed by atoms with Crippen molar-refractivity contribution in [1.82, 2.24) is 0 Å². The number of rotatable bonds is 5. The molecule has 0 radical (unpaired) electrons. The highest BCUT2D eigenvalue weighted by Crippen LogP contribution is 2.35. The van der Waals surface area contributed by atoms with Gasteiger partial charge in [-0.25, -0.2) is 4.79 Å². The fraction of sp³-hybridized carbons (Fsp3) is 0.0769. The minimum absolute atomic E-state index is 0.141. The van der Waals surface area contributed by atoms with Crippen LogP contribution in [0.15, 0.2) is 90.5 Å². The average Bonchev–Trinajstić information content (AvgIpc) is 3.12. The third-order valence-corrected chi connectivity index (χ3v) is 5.13. The average molecular weight is 430 g/mol. The van der Waals surface area contributed by atoms with Gasteiger partial charge in [-0.3, -0.25) is 9.69 Å². The predicted molar refractivity (Wildman–Crippen MR) is 124 cm³/mol. The smallest absolute Gasteiger partial charge is 0.338 e. The van der Waals surface area contributed by atoms with E-state index in [2.05, 4.69) is 0 Å². The monoisotopic (exact) mass is 429 g/mol. The van der Waals surface area contributed by atoms with Crippen molar-refractivity contribution < 1.29 is 14.3 Å². The van der Waals surface area contributed by atoms with Gasteiger partial charge in [0.25, 0.3) is 5.91 Å². The Morgan fingerprint density at radius 1 is 0.968 bits per heavy atom. The molecule has 1 aliphatic heterocycles. The first-order valence-electron chi connectivity index (χ1n) is 9.93. The van der Waals surface area contributed by atoms with Gasteiger partial charge in [-0.05, 0) is 66.6 Å². The van der Waals surface area contributed by atoms with E-state index in [-0.39, 0.29) is 11.9 Å². The van der Waals surface area contributed by atoms with Crippen molar-refractivity contribution in [2.75, 3.05) is 11.5 Å². The molecule has 1 amide bonds. The lowest BCUT2D eigenvalue weighted by Gasteiger charge is -2.21. The fourth-order valence-corrected chi connectivity index (χ4v) is 3.52. The van der Waals surface area contributed by atoms with Gasteiger partial charge in [0.2, 0.25) is 0 Å². The first kappa shape index (κ1) is 20.6. The second kappa shape index (κ2) is 9.02. The molecule has 5 heteroatoms. The number of carbonyl (C=O) groups excluding carboxylic acids is 2. The van der Waals surface area contributed by atoms with Gasteiger partial charge in [0, 0.05) is 16.3 Å². The van der Waals surface area contributed by atoms with Crippen molar-refractivity contribution in [2.45, 2.75) is 6.92 Å². The van der Waals surface area contributed by atoms with Crippen LogP contribution in [-0.4, -0.2) is 18.5 Å². The van der Waals surface area contributed by atoms with Gasteiger partial charge in [-0.15, -0.1) is 0 Å². The second-order valence-corrected chi connectivity index (χ2v) is 7.39. The van der Waals surface area contributed by atoms with E-state index >= 15 is 0 Å². The number of hydrogen-bond acceptors (Lipinski definition) is 3. The van der Waals surface area contributed by atoms with Gasteiger partial charge in [0.05, 0.1) is 17.9 Å². The standard InChI is InChI=1S/C26H20ClNO3/c1-2-31-26(30)20-10-14-23(15-11-20)28-24(19-6-4-3-5-7-19)17-21(25(28)29)16-18-8-12-22(27)13-9-18/h3-17H,2H2,1H3. The van der Waals surface area contributed by atoms with Crippen LogP contribution < -0.4 is 4.90 Å². The Hall–Kier alpha value is -3.63. The van der Waals surface area contributed by atoms with E-state index in [0.717, 1.165) is 16.8 Å². The molecule has 0 fully saturated rings. The minimum atomic E-state index is -0.385. The minimum Gasteiger partial charge on any atom is -0.462 e. The Balaban J connectivity index is 1.73. The summed E-state index contributed by atoms with van der Waals surface area (Å²) in [6.45, 7) is 2.07. The highest BCUT2D eigenvalue weighted by atomic mass is 35.5. The summed E-state index contributed by atoms with van der Waals surface area (Å²) in [5.41, 5.74) is 4.26. The molecule has 4 rings (SSSR count). The highest BCUT2D eigenvalue weighted by molar-refractivity contribution is 6.30. The zero-order valence-corrected chi connectivity index (χ0v) is 17.7. The summed E-state index contributed by atoms with van der Waals surface area (Å²) in [7, 11) is 0. The number of carbonyl (C=O) groups is 2. The first-order chi connectivity index (χ1) is 15.1. The van der Waals surface area contributed by atoms with Gasteiger partial charge < -0.3 is 4.74 Å². The van der Waals surface area contributed by atoms with E-state index in [1.807, 2.05) is 54.6 Å². The Kier molecular flexibility index (Phi) is 6.01. The van der Waals surface area contributed by atoms with Crippen LogP contribution in [0.5, 0.6) is 0 Å². The molecule has 0 N–H and O–H groups in total. The zero-order chi connectivity index (χ0) is 21.8. The molecule has 0 saturated carbocycles. The van der Waals surface area contributed by atoms with E-state index in [1.54, 1.807) is 48.2 Å². The first-order valence-corrected chi connectivity index (χ1v) is 10.3. The van der Waals surface area contributed by atoms with Crippen LogP contribution in [0, 0.1) is 0 Å². The molecular weight excluding hydrogens is 410 g/mol.